The van der Waals surface area contributed by atoms with Crippen LogP contribution in [0.1, 0.15) is 12.5 Å². The Kier molecular flexibility index (Phi) is 4.70. The number of benzene rings is 1. The molecule has 2 atom stereocenters. The van der Waals surface area contributed by atoms with E-state index in [4.69, 9.17) is 5.73 Å². The monoisotopic (exact) mass is 265 g/mol. The lowest BCUT2D eigenvalue weighted by Crippen LogP contribution is -2.18. The van der Waals surface area contributed by atoms with Crippen LogP contribution in [0.4, 0.5) is 13.2 Å². The molecule has 0 aliphatic rings. The van der Waals surface area contributed by atoms with E-state index in [1.807, 2.05) is 6.92 Å². The molecule has 1 aromatic carbocycles. The normalized spacial score (nSPS) is 15.6. The Morgan fingerprint density at radius 1 is 1.41 bits per heavy atom. The third kappa shape index (κ3) is 4.12. The lowest BCUT2D eigenvalue weighted by molar-refractivity contribution is -0.137. The van der Waals surface area contributed by atoms with Gasteiger partial charge < -0.3 is 5.73 Å². The van der Waals surface area contributed by atoms with Gasteiger partial charge in [0.05, 0.1) is 16.4 Å². The van der Waals surface area contributed by atoms with Crippen LogP contribution in [0, 0.1) is 5.92 Å². The molecule has 0 saturated carbocycles. The second-order valence-electron chi connectivity index (χ2n) is 3.88. The first-order valence-corrected chi connectivity index (χ1v) is 6.42. The van der Waals surface area contributed by atoms with Gasteiger partial charge in [0, 0.05) is 10.6 Å². The highest BCUT2D eigenvalue weighted by molar-refractivity contribution is 7.85. The van der Waals surface area contributed by atoms with E-state index in [1.54, 1.807) is 0 Å². The predicted octanol–water partition coefficient (Wildman–Crippen LogP) is 2.41. The van der Waals surface area contributed by atoms with Crippen molar-refractivity contribution in [2.75, 3.05) is 12.3 Å². The van der Waals surface area contributed by atoms with E-state index >= 15 is 0 Å². The maximum absolute atomic E-state index is 12.4. The Hall–Kier alpha value is -0.880. The molecule has 0 aromatic heterocycles. The first kappa shape index (κ1) is 14.2. The summed E-state index contributed by atoms with van der Waals surface area (Å²) in [7, 11) is -1.44. The van der Waals surface area contributed by atoms with Gasteiger partial charge in [-0.2, -0.15) is 13.2 Å². The van der Waals surface area contributed by atoms with E-state index in [1.165, 1.54) is 12.1 Å². The number of hydrogen-bond acceptors (Lipinski definition) is 2. The van der Waals surface area contributed by atoms with Gasteiger partial charge in [0.1, 0.15) is 0 Å². The van der Waals surface area contributed by atoms with Crippen LogP contribution in [0.25, 0.3) is 0 Å². The third-order valence-electron chi connectivity index (χ3n) is 2.26. The van der Waals surface area contributed by atoms with Crippen LogP contribution >= 0.6 is 0 Å². The molecule has 2 N–H and O–H groups in total. The number of halogens is 3. The lowest BCUT2D eigenvalue weighted by Gasteiger charge is -2.10. The average Bonchev–Trinajstić information content (AvgIpc) is 2.28. The minimum atomic E-state index is -4.40. The molecule has 0 aliphatic carbocycles. The summed E-state index contributed by atoms with van der Waals surface area (Å²) in [6, 6.07) is 4.60. The summed E-state index contributed by atoms with van der Waals surface area (Å²) in [5, 5.41) is 0. The van der Waals surface area contributed by atoms with E-state index in [9.17, 15) is 17.4 Å². The highest BCUT2D eigenvalue weighted by Gasteiger charge is 2.30. The Bertz CT molecular complexity index is 406. The Morgan fingerprint density at radius 2 is 2.06 bits per heavy atom. The quantitative estimate of drug-likeness (QED) is 0.908. The summed E-state index contributed by atoms with van der Waals surface area (Å²) in [4.78, 5) is 0.195. The number of nitrogens with two attached hydrogens (primary N) is 1. The summed E-state index contributed by atoms with van der Waals surface area (Å²) in [6.07, 6.45) is -4.40. The molecule has 2 unspecified atom stereocenters. The molecule has 96 valence electrons. The summed E-state index contributed by atoms with van der Waals surface area (Å²) in [6.45, 7) is 2.18. The van der Waals surface area contributed by atoms with E-state index in [0.717, 1.165) is 12.1 Å². The van der Waals surface area contributed by atoms with Crippen molar-refractivity contribution >= 4 is 10.8 Å². The summed E-state index contributed by atoms with van der Waals surface area (Å²) >= 11 is 0. The molecule has 6 heteroatoms. The van der Waals surface area contributed by atoms with Crippen molar-refractivity contribution < 1.29 is 17.4 Å². The SMILES string of the molecule is CC(CN)CS(=O)c1cccc(C(F)(F)F)c1. The minimum absolute atomic E-state index is 0.0189. The van der Waals surface area contributed by atoms with E-state index in [-0.39, 0.29) is 16.6 Å². The van der Waals surface area contributed by atoms with Crippen LogP contribution in [0.2, 0.25) is 0 Å². The third-order valence-corrected chi connectivity index (χ3v) is 3.91. The van der Waals surface area contributed by atoms with E-state index in [0.29, 0.717) is 6.54 Å². The van der Waals surface area contributed by atoms with Crippen molar-refractivity contribution in [1.82, 2.24) is 0 Å². The van der Waals surface area contributed by atoms with Gasteiger partial charge in [-0.3, -0.25) is 4.21 Å². The topological polar surface area (TPSA) is 43.1 Å². The van der Waals surface area contributed by atoms with Crippen molar-refractivity contribution in [2.24, 2.45) is 11.7 Å². The fraction of sp³-hybridized carbons (Fsp3) is 0.455. The average molecular weight is 265 g/mol. The van der Waals surface area contributed by atoms with Gasteiger partial charge in [-0.15, -0.1) is 0 Å². The molecule has 1 rings (SSSR count). The summed E-state index contributed by atoms with van der Waals surface area (Å²) in [5.41, 5.74) is 4.61. The van der Waals surface area contributed by atoms with Crippen molar-refractivity contribution in [2.45, 2.75) is 18.0 Å². The summed E-state index contributed by atoms with van der Waals surface area (Å²) < 4.78 is 49.1. The molecule has 17 heavy (non-hydrogen) atoms. The molecule has 0 fully saturated rings. The molecule has 0 aliphatic heterocycles. The van der Waals surface area contributed by atoms with Crippen LogP contribution in [-0.2, 0) is 17.0 Å². The maximum atomic E-state index is 12.4. The van der Waals surface area contributed by atoms with Gasteiger partial charge in [0.25, 0.3) is 0 Å². The highest BCUT2D eigenvalue weighted by atomic mass is 32.2. The first-order valence-electron chi connectivity index (χ1n) is 5.10. The zero-order valence-corrected chi connectivity index (χ0v) is 10.1. The molecule has 0 amide bonds. The largest absolute Gasteiger partial charge is 0.416 e. The Morgan fingerprint density at radius 3 is 2.59 bits per heavy atom. The van der Waals surface area contributed by atoms with E-state index < -0.39 is 22.5 Å². The zero-order chi connectivity index (χ0) is 13.1. The van der Waals surface area contributed by atoms with Gasteiger partial charge >= 0.3 is 6.18 Å². The first-order chi connectivity index (χ1) is 7.84. The van der Waals surface area contributed by atoms with Gasteiger partial charge in [-0.1, -0.05) is 13.0 Å². The smallest absolute Gasteiger partial charge is 0.330 e. The summed E-state index contributed by atoms with van der Waals surface area (Å²) in [5.74, 6) is 0.294. The Labute approximate surface area is 100 Å². The van der Waals surface area contributed by atoms with E-state index in [2.05, 4.69) is 0 Å². The molecule has 0 bridgehead atoms. The van der Waals surface area contributed by atoms with Crippen LogP contribution in [0.3, 0.4) is 0 Å². The fourth-order valence-corrected chi connectivity index (χ4v) is 2.57. The van der Waals surface area contributed by atoms with Crippen molar-refractivity contribution in [3.05, 3.63) is 29.8 Å². The molecule has 2 nitrogen and oxygen atoms in total. The van der Waals surface area contributed by atoms with Gasteiger partial charge in [-0.05, 0) is 30.7 Å². The zero-order valence-electron chi connectivity index (χ0n) is 9.33. The molecule has 1 aromatic rings. The molecule has 0 radical (unpaired) electrons. The van der Waals surface area contributed by atoms with Gasteiger partial charge in [-0.25, -0.2) is 0 Å². The van der Waals surface area contributed by atoms with Crippen LogP contribution in [0.15, 0.2) is 29.2 Å². The van der Waals surface area contributed by atoms with Crippen LogP contribution in [0.5, 0.6) is 0 Å². The number of rotatable bonds is 4. The van der Waals surface area contributed by atoms with Crippen LogP contribution in [-0.4, -0.2) is 16.5 Å². The minimum Gasteiger partial charge on any atom is -0.330 e. The standard InChI is InChI=1S/C11H14F3NOS/c1-8(6-15)7-17(16)10-4-2-3-9(5-10)11(12,13)14/h2-5,8H,6-7,15H2,1H3. The number of hydrogen-bond donors (Lipinski definition) is 1. The second-order valence-corrected chi connectivity index (χ2v) is 5.37. The fourth-order valence-electron chi connectivity index (χ4n) is 1.24. The van der Waals surface area contributed by atoms with Crippen molar-refractivity contribution in [1.29, 1.82) is 0 Å². The lowest BCUT2D eigenvalue weighted by atomic mass is 10.2. The molecular formula is C11H14F3NOS. The molecule has 0 heterocycles. The van der Waals surface area contributed by atoms with Crippen LogP contribution < -0.4 is 5.73 Å². The maximum Gasteiger partial charge on any atom is 0.416 e. The molecule has 0 spiro atoms. The van der Waals surface area contributed by atoms with Crippen molar-refractivity contribution in [3.8, 4) is 0 Å². The van der Waals surface area contributed by atoms with Gasteiger partial charge in [0.15, 0.2) is 0 Å². The van der Waals surface area contributed by atoms with Crippen molar-refractivity contribution in [3.63, 3.8) is 0 Å². The molecule has 0 saturated heterocycles. The Balaban J connectivity index is 2.89. The predicted molar refractivity (Wildman–Crippen MR) is 60.9 cm³/mol. The molecular weight excluding hydrogens is 251 g/mol. The van der Waals surface area contributed by atoms with Gasteiger partial charge in [0.2, 0.25) is 0 Å². The number of alkyl halides is 3. The second kappa shape index (κ2) is 5.64. The highest BCUT2D eigenvalue weighted by Crippen LogP contribution is 2.30.